The summed E-state index contributed by atoms with van der Waals surface area (Å²) in [6.07, 6.45) is 0. The van der Waals surface area contributed by atoms with E-state index in [1.165, 1.54) is 11.1 Å². The molecule has 1 rings (SSSR count). The molecule has 1 amide bonds. The largest absolute Gasteiger partial charge is 0.324 e. The molecule has 0 aliphatic heterocycles. The van der Waals surface area contributed by atoms with Crippen LogP contribution in [0, 0.1) is 13.8 Å². The number of anilines is 1. The molecule has 0 aliphatic carbocycles. The highest BCUT2D eigenvalue weighted by molar-refractivity contribution is 5.97. The van der Waals surface area contributed by atoms with Gasteiger partial charge in [0.2, 0.25) is 5.91 Å². The molecule has 0 bridgehead atoms. The molecule has 88 valence electrons. The maximum absolute atomic E-state index is 11.9. The summed E-state index contributed by atoms with van der Waals surface area (Å²) in [6.45, 7) is 7.79. The van der Waals surface area contributed by atoms with Crippen LogP contribution < -0.4 is 10.6 Å². The molecule has 0 saturated heterocycles. The van der Waals surface area contributed by atoms with Crippen molar-refractivity contribution in [3.8, 4) is 0 Å². The van der Waals surface area contributed by atoms with Crippen molar-refractivity contribution in [2.45, 2.75) is 33.2 Å². The predicted octanol–water partition coefficient (Wildman–Crippen LogP) is 2.24. The Labute approximate surface area is 97.2 Å². The van der Waals surface area contributed by atoms with Gasteiger partial charge in [0.25, 0.3) is 0 Å². The second kappa shape index (κ2) is 4.66. The number of hydrogen-bond donors (Lipinski definition) is 2. The number of likely N-dealkylation sites (N-methyl/N-ethyl adjacent to an activating group) is 1. The summed E-state index contributed by atoms with van der Waals surface area (Å²) in [7, 11) is 1.78. The first-order chi connectivity index (χ1) is 7.36. The minimum Gasteiger partial charge on any atom is -0.324 e. The molecule has 0 spiro atoms. The molecule has 0 fully saturated rings. The van der Waals surface area contributed by atoms with Crippen LogP contribution in [0.4, 0.5) is 5.69 Å². The average molecular weight is 220 g/mol. The average Bonchev–Trinajstić information content (AvgIpc) is 2.23. The molecular weight excluding hydrogens is 200 g/mol. The highest BCUT2D eigenvalue weighted by Gasteiger charge is 2.24. The van der Waals surface area contributed by atoms with Crippen molar-refractivity contribution < 1.29 is 4.79 Å². The fourth-order valence-electron chi connectivity index (χ4n) is 1.22. The fraction of sp³-hybridized carbons (Fsp3) is 0.462. The van der Waals surface area contributed by atoms with Crippen molar-refractivity contribution >= 4 is 11.6 Å². The van der Waals surface area contributed by atoms with Crippen molar-refractivity contribution in [3.63, 3.8) is 0 Å². The van der Waals surface area contributed by atoms with Crippen molar-refractivity contribution in [2.24, 2.45) is 0 Å². The van der Waals surface area contributed by atoms with Gasteiger partial charge in [-0.15, -0.1) is 0 Å². The summed E-state index contributed by atoms with van der Waals surface area (Å²) < 4.78 is 0. The predicted molar refractivity (Wildman–Crippen MR) is 67.7 cm³/mol. The van der Waals surface area contributed by atoms with Crippen LogP contribution in [0.5, 0.6) is 0 Å². The van der Waals surface area contributed by atoms with E-state index in [1.807, 2.05) is 39.0 Å². The van der Waals surface area contributed by atoms with E-state index >= 15 is 0 Å². The van der Waals surface area contributed by atoms with E-state index in [0.717, 1.165) is 5.69 Å². The second-order valence-electron chi connectivity index (χ2n) is 4.63. The van der Waals surface area contributed by atoms with Crippen LogP contribution in [0.15, 0.2) is 18.2 Å². The lowest BCUT2D eigenvalue weighted by Gasteiger charge is -2.22. The van der Waals surface area contributed by atoms with E-state index < -0.39 is 5.54 Å². The van der Waals surface area contributed by atoms with Gasteiger partial charge in [-0.1, -0.05) is 6.07 Å². The molecule has 16 heavy (non-hydrogen) atoms. The molecule has 0 aliphatic rings. The normalized spacial score (nSPS) is 11.3. The summed E-state index contributed by atoms with van der Waals surface area (Å²) in [5.41, 5.74) is 2.70. The van der Waals surface area contributed by atoms with Gasteiger partial charge in [-0.25, -0.2) is 0 Å². The third-order valence-electron chi connectivity index (χ3n) is 2.96. The highest BCUT2D eigenvalue weighted by Crippen LogP contribution is 2.15. The van der Waals surface area contributed by atoms with E-state index in [0.29, 0.717) is 0 Å². The molecule has 3 heteroatoms. The van der Waals surface area contributed by atoms with Gasteiger partial charge >= 0.3 is 0 Å². The molecule has 0 atom stereocenters. The Morgan fingerprint density at radius 3 is 2.31 bits per heavy atom. The monoisotopic (exact) mass is 220 g/mol. The van der Waals surface area contributed by atoms with E-state index in [4.69, 9.17) is 0 Å². The maximum Gasteiger partial charge on any atom is 0.244 e. The van der Waals surface area contributed by atoms with Gasteiger partial charge in [-0.05, 0) is 58.0 Å². The highest BCUT2D eigenvalue weighted by atomic mass is 16.2. The van der Waals surface area contributed by atoms with E-state index in [9.17, 15) is 4.79 Å². The number of rotatable bonds is 3. The van der Waals surface area contributed by atoms with E-state index in [-0.39, 0.29) is 5.91 Å². The number of carbonyl (C=O) groups is 1. The Balaban J connectivity index is 2.82. The first kappa shape index (κ1) is 12.7. The van der Waals surface area contributed by atoms with Crippen LogP contribution in [0.25, 0.3) is 0 Å². The number of amides is 1. The minimum atomic E-state index is -0.557. The minimum absolute atomic E-state index is 0.0294. The Morgan fingerprint density at radius 1 is 1.19 bits per heavy atom. The standard InChI is InChI=1S/C13H20N2O/c1-9-6-7-11(8-10(9)2)15-12(16)13(3,4)14-5/h6-8,14H,1-5H3,(H,15,16). The van der Waals surface area contributed by atoms with Gasteiger partial charge in [0.15, 0.2) is 0 Å². The molecule has 0 saturated carbocycles. The summed E-state index contributed by atoms with van der Waals surface area (Å²) in [5, 5.41) is 5.88. The number of aryl methyl sites for hydroxylation is 2. The lowest BCUT2D eigenvalue weighted by atomic mass is 10.0. The zero-order valence-corrected chi connectivity index (χ0v) is 10.6. The van der Waals surface area contributed by atoms with E-state index in [2.05, 4.69) is 17.6 Å². The van der Waals surface area contributed by atoms with Gasteiger partial charge in [0, 0.05) is 5.69 Å². The Kier molecular flexibility index (Phi) is 3.70. The van der Waals surface area contributed by atoms with Crippen LogP contribution >= 0.6 is 0 Å². The van der Waals surface area contributed by atoms with Crippen LogP contribution in [0.1, 0.15) is 25.0 Å². The second-order valence-corrected chi connectivity index (χ2v) is 4.63. The lowest BCUT2D eigenvalue weighted by Crippen LogP contribution is -2.47. The number of benzene rings is 1. The SMILES string of the molecule is CNC(C)(C)C(=O)Nc1ccc(C)c(C)c1. The summed E-state index contributed by atoms with van der Waals surface area (Å²) >= 11 is 0. The first-order valence-electron chi connectivity index (χ1n) is 5.44. The summed E-state index contributed by atoms with van der Waals surface area (Å²) in [4.78, 5) is 11.9. The molecule has 1 aromatic rings. The molecule has 3 nitrogen and oxygen atoms in total. The molecule has 0 unspecified atom stereocenters. The maximum atomic E-state index is 11.9. The van der Waals surface area contributed by atoms with Gasteiger partial charge < -0.3 is 10.6 Å². The zero-order chi connectivity index (χ0) is 12.3. The Hall–Kier alpha value is -1.35. The topological polar surface area (TPSA) is 41.1 Å². The molecule has 0 radical (unpaired) electrons. The molecule has 1 aromatic carbocycles. The van der Waals surface area contributed by atoms with Crippen LogP contribution in [-0.2, 0) is 4.79 Å². The summed E-state index contributed by atoms with van der Waals surface area (Å²) in [6, 6.07) is 5.92. The molecule has 2 N–H and O–H groups in total. The first-order valence-corrected chi connectivity index (χ1v) is 5.44. The van der Waals surface area contributed by atoms with Gasteiger partial charge in [0.05, 0.1) is 5.54 Å². The molecule has 0 heterocycles. The number of nitrogens with one attached hydrogen (secondary N) is 2. The van der Waals surface area contributed by atoms with Crippen LogP contribution in [-0.4, -0.2) is 18.5 Å². The Bertz CT molecular complexity index is 397. The molecule has 0 aromatic heterocycles. The Morgan fingerprint density at radius 2 is 1.81 bits per heavy atom. The van der Waals surface area contributed by atoms with Crippen molar-refractivity contribution in [1.82, 2.24) is 5.32 Å². The zero-order valence-electron chi connectivity index (χ0n) is 10.6. The van der Waals surface area contributed by atoms with Gasteiger partial charge in [-0.2, -0.15) is 0 Å². The lowest BCUT2D eigenvalue weighted by molar-refractivity contribution is -0.121. The van der Waals surface area contributed by atoms with Crippen LogP contribution in [0.3, 0.4) is 0 Å². The van der Waals surface area contributed by atoms with E-state index in [1.54, 1.807) is 7.05 Å². The summed E-state index contributed by atoms with van der Waals surface area (Å²) in [5.74, 6) is -0.0294. The van der Waals surface area contributed by atoms with Crippen molar-refractivity contribution in [3.05, 3.63) is 29.3 Å². The van der Waals surface area contributed by atoms with Crippen molar-refractivity contribution in [2.75, 3.05) is 12.4 Å². The third kappa shape index (κ3) is 2.83. The third-order valence-corrected chi connectivity index (χ3v) is 2.96. The van der Waals surface area contributed by atoms with Crippen LogP contribution in [0.2, 0.25) is 0 Å². The van der Waals surface area contributed by atoms with Crippen molar-refractivity contribution in [1.29, 1.82) is 0 Å². The molecular formula is C13H20N2O. The smallest absolute Gasteiger partial charge is 0.244 e. The number of carbonyl (C=O) groups excluding carboxylic acids is 1. The quantitative estimate of drug-likeness (QED) is 0.820. The number of hydrogen-bond acceptors (Lipinski definition) is 2. The van der Waals surface area contributed by atoms with Gasteiger partial charge in [0.1, 0.15) is 0 Å². The fourth-order valence-corrected chi connectivity index (χ4v) is 1.22. The van der Waals surface area contributed by atoms with Gasteiger partial charge in [-0.3, -0.25) is 4.79 Å².